The largest absolute Gasteiger partial charge is 0.494 e. The van der Waals surface area contributed by atoms with Crippen LogP contribution in [-0.2, 0) is 0 Å². The summed E-state index contributed by atoms with van der Waals surface area (Å²) in [5.74, 6) is 1.48. The van der Waals surface area contributed by atoms with Gasteiger partial charge in [0.25, 0.3) is 0 Å². The molecule has 2 nitrogen and oxygen atoms in total. The molecule has 0 radical (unpaired) electrons. The highest BCUT2D eigenvalue weighted by Crippen LogP contribution is 2.15. The van der Waals surface area contributed by atoms with Crippen molar-refractivity contribution in [3.05, 3.63) is 36.4 Å². The molecule has 1 aromatic rings. The average molecular weight is 240 g/mol. The molecule has 0 amide bonds. The van der Waals surface area contributed by atoms with E-state index in [1.807, 2.05) is 36.4 Å². The highest BCUT2D eigenvalue weighted by Gasteiger charge is 1.93. The lowest BCUT2D eigenvalue weighted by Gasteiger charge is -2.06. The standard InChI is InChI=1S/C13H18ClNO/c1-2-11-16-13-7-5-12(6-8-13)15-10-4-3-9-14/h3-8,15H,2,9-11H2,1H3/b4-3+. The van der Waals surface area contributed by atoms with Crippen LogP contribution in [0.15, 0.2) is 36.4 Å². The predicted octanol–water partition coefficient (Wildman–Crippen LogP) is 3.68. The van der Waals surface area contributed by atoms with Crippen molar-refractivity contribution in [2.45, 2.75) is 13.3 Å². The van der Waals surface area contributed by atoms with Crippen LogP contribution in [0.25, 0.3) is 0 Å². The number of rotatable bonds is 7. The van der Waals surface area contributed by atoms with E-state index in [1.54, 1.807) is 0 Å². The van der Waals surface area contributed by atoms with Crippen LogP contribution < -0.4 is 10.1 Å². The number of benzene rings is 1. The monoisotopic (exact) mass is 239 g/mol. The van der Waals surface area contributed by atoms with Gasteiger partial charge in [-0.25, -0.2) is 0 Å². The first-order valence-electron chi connectivity index (χ1n) is 5.54. The Morgan fingerprint density at radius 3 is 2.62 bits per heavy atom. The van der Waals surface area contributed by atoms with E-state index in [0.29, 0.717) is 5.88 Å². The Labute approximate surface area is 102 Å². The number of alkyl halides is 1. The second-order valence-corrected chi connectivity index (χ2v) is 3.69. The van der Waals surface area contributed by atoms with Gasteiger partial charge in [-0.05, 0) is 30.7 Å². The van der Waals surface area contributed by atoms with Crippen LogP contribution in [0.1, 0.15) is 13.3 Å². The molecule has 1 N–H and O–H groups in total. The highest BCUT2D eigenvalue weighted by molar-refractivity contribution is 6.18. The van der Waals surface area contributed by atoms with Gasteiger partial charge in [0.05, 0.1) is 6.61 Å². The lowest BCUT2D eigenvalue weighted by Crippen LogP contribution is -1.99. The summed E-state index contributed by atoms with van der Waals surface area (Å²) in [6, 6.07) is 7.98. The van der Waals surface area contributed by atoms with E-state index in [9.17, 15) is 0 Å². The van der Waals surface area contributed by atoms with E-state index in [1.165, 1.54) is 0 Å². The molecule has 3 heteroatoms. The summed E-state index contributed by atoms with van der Waals surface area (Å²) in [5.41, 5.74) is 1.09. The van der Waals surface area contributed by atoms with Gasteiger partial charge in [0.2, 0.25) is 0 Å². The fraction of sp³-hybridized carbons (Fsp3) is 0.385. The third-order valence-electron chi connectivity index (χ3n) is 2.01. The minimum atomic E-state index is 0.561. The van der Waals surface area contributed by atoms with E-state index < -0.39 is 0 Å². The summed E-state index contributed by atoms with van der Waals surface area (Å²) in [6.45, 7) is 3.66. The Morgan fingerprint density at radius 2 is 2.00 bits per heavy atom. The maximum Gasteiger partial charge on any atom is 0.119 e. The Bertz CT molecular complexity index is 308. The van der Waals surface area contributed by atoms with Gasteiger partial charge in [-0.1, -0.05) is 19.1 Å². The molecule has 0 saturated heterocycles. The van der Waals surface area contributed by atoms with Crippen LogP contribution in [0.5, 0.6) is 5.75 Å². The van der Waals surface area contributed by atoms with Crippen LogP contribution in [0.2, 0.25) is 0 Å². The molecular formula is C13H18ClNO. The highest BCUT2D eigenvalue weighted by atomic mass is 35.5. The molecule has 0 unspecified atom stereocenters. The maximum atomic E-state index is 5.52. The fourth-order valence-electron chi connectivity index (χ4n) is 1.21. The summed E-state index contributed by atoms with van der Waals surface area (Å²) >= 11 is 5.52. The lowest BCUT2D eigenvalue weighted by atomic mass is 10.3. The van der Waals surface area contributed by atoms with Gasteiger partial charge in [0.15, 0.2) is 0 Å². The SMILES string of the molecule is CCCOc1ccc(NC/C=C/CCl)cc1. The molecule has 1 aromatic carbocycles. The Hall–Kier alpha value is -1.15. The van der Waals surface area contributed by atoms with Crippen molar-refractivity contribution < 1.29 is 4.74 Å². The summed E-state index contributed by atoms with van der Waals surface area (Å²) in [4.78, 5) is 0. The smallest absolute Gasteiger partial charge is 0.119 e. The Morgan fingerprint density at radius 1 is 1.25 bits per heavy atom. The lowest BCUT2D eigenvalue weighted by molar-refractivity contribution is 0.317. The molecule has 1 rings (SSSR count). The molecule has 0 saturated carbocycles. The van der Waals surface area contributed by atoms with Crippen molar-refractivity contribution in [3.8, 4) is 5.75 Å². The van der Waals surface area contributed by atoms with Gasteiger partial charge in [-0.15, -0.1) is 11.6 Å². The summed E-state index contributed by atoms with van der Waals surface area (Å²) in [7, 11) is 0. The minimum absolute atomic E-state index is 0.561. The zero-order valence-corrected chi connectivity index (χ0v) is 10.3. The van der Waals surface area contributed by atoms with Crippen LogP contribution in [0, 0.1) is 0 Å². The van der Waals surface area contributed by atoms with E-state index in [4.69, 9.17) is 16.3 Å². The van der Waals surface area contributed by atoms with Gasteiger partial charge in [0, 0.05) is 18.1 Å². The third kappa shape index (κ3) is 5.08. The van der Waals surface area contributed by atoms with Gasteiger partial charge >= 0.3 is 0 Å². The van der Waals surface area contributed by atoms with E-state index in [2.05, 4.69) is 12.2 Å². The average Bonchev–Trinajstić information content (AvgIpc) is 2.33. The Kier molecular flexibility index (Phi) is 6.50. The van der Waals surface area contributed by atoms with Crippen molar-refractivity contribution in [2.24, 2.45) is 0 Å². The minimum Gasteiger partial charge on any atom is -0.494 e. The molecule has 0 heterocycles. The topological polar surface area (TPSA) is 21.3 Å². The molecule has 0 aromatic heterocycles. The summed E-state index contributed by atoms with van der Waals surface area (Å²) in [6.07, 6.45) is 4.96. The maximum absolute atomic E-state index is 5.52. The molecule has 0 bridgehead atoms. The fourth-order valence-corrected chi connectivity index (χ4v) is 1.34. The molecule has 16 heavy (non-hydrogen) atoms. The quantitative estimate of drug-likeness (QED) is 0.579. The van der Waals surface area contributed by atoms with Crippen LogP contribution in [-0.4, -0.2) is 19.0 Å². The number of anilines is 1. The first-order valence-corrected chi connectivity index (χ1v) is 6.08. The summed E-state index contributed by atoms with van der Waals surface area (Å²) < 4.78 is 5.49. The number of hydrogen-bond acceptors (Lipinski definition) is 2. The molecule has 0 spiro atoms. The number of allylic oxidation sites excluding steroid dienone is 1. The molecule has 0 fully saturated rings. The number of halogens is 1. The molecule has 0 aliphatic carbocycles. The zero-order valence-electron chi connectivity index (χ0n) is 9.58. The van der Waals surface area contributed by atoms with Gasteiger partial charge in [-0.3, -0.25) is 0 Å². The molecule has 0 atom stereocenters. The van der Waals surface area contributed by atoms with Crippen molar-refractivity contribution >= 4 is 17.3 Å². The van der Waals surface area contributed by atoms with Crippen LogP contribution in [0.3, 0.4) is 0 Å². The van der Waals surface area contributed by atoms with Crippen molar-refractivity contribution in [2.75, 3.05) is 24.3 Å². The predicted molar refractivity (Wildman–Crippen MR) is 70.6 cm³/mol. The second kappa shape index (κ2) is 8.05. The Balaban J connectivity index is 2.36. The van der Waals surface area contributed by atoms with Crippen molar-refractivity contribution in [3.63, 3.8) is 0 Å². The number of nitrogens with one attached hydrogen (secondary N) is 1. The third-order valence-corrected chi connectivity index (χ3v) is 2.19. The molecule has 88 valence electrons. The van der Waals surface area contributed by atoms with Crippen LogP contribution in [0.4, 0.5) is 5.69 Å². The van der Waals surface area contributed by atoms with E-state index in [0.717, 1.165) is 31.0 Å². The van der Waals surface area contributed by atoms with Gasteiger partial charge in [0.1, 0.15) is 5.75 Å². The summed E-state index contributed by atoms with van der Waals surface area (Å²) in [5, 5.41) is 3.26. The van der Waals surface area contributed by atoms with E-state index in [-0.39, 0.29) is 0 Å². The first-order chi connectivity index (χ1) is 7.86. The van der Waals surface area contributed by atoms with Gasteiger partial charge < -0.3 is 10.1 Å². The number of hydrogen-bond donors (Lipinski definition) is 1. The normalized spacial score (nSPS) is 10.6. The van der Waals surface area contributed by atoms with Gasteiger partial charge in [-0.2, -0.15) is 0 Å². The van der Waals surface area contributed by atoms with Crippen molar-refractivity contribution in [1.82, 2.24) is 0 Å². The second-order valence-electron chi connectivity index (χ2n) is 3.38. The van der Waals surface area contributed by atoms with Crippen molar-refractivity contribution in [1.29, 1.82) is 0 Å². The zero-order chi connectivity index (χ0) is 11.6. The molecule has 0 aliphatic heterocycles. The van der Waals surface area contributed by atoms with E-state index >= 15 is 0 Å². The first kappa shape index (κ1) is 12.9. The van der Waals surface area contributed by atoms with Crippen LogP contribution >= 0.6 is 11.6 Å². The molecular weight excluding hydrogens is 222 g/mol. The number of ether oxygens (including phenoxy) is 1. The molecule has 0 aliphatic rings.